The molecule has 0 aliphatic heterocycles. The third-order valence-corrected chi connectivity index (χ3v) is 1.51. The van der Waals surface area contributed by atoms with Crippen molar-refractivity contribution in [1.29, 1.82) is 0 Å². The summed E-state index contributed by atoms with van der Waals surface area (Å²) in [6.45, 7) is 1.96. The fraction of sp³-hybridized carbons (Fsp3) is 0.250. The molecule has 0 aromatic carbocycles. The first-order valence-corrected chi connectivity index (χ1v) is 3.36. The Kier molecular flexibility index (Phi) is 2.21. The molecule has 0 fully saturated rings. The predicted molar refractivity (Wildman–Crippen MR) is 43.0 cm³/mol. The molecule has 0 radical (unpaired) electrons. The van der Waals surface area contributed by atoms with E-state index < -0.39 is 0 Å². The van der Waals surface area contributed by atoms with Gasteiger partial charge in [-0.3, -0.25) is 9.48 Å². The molecule has 0 atom stereocenters. The van der Waals surface area contributed by atoms with Crippen molar-refractivity contribution in [2.24, 2.45) is 7.05 Å². The van der Waals surface area contributed by atoms with E-state index in [1.165, 1.54) is 6.08 Å². The number of carbonyl (C=O) groups is 1. The Bertz CT molecular complexity index is 267. The van der Waals surface area contributed by atoms with Crippen molar-refractivity contribution < 1.29 is 4.79 Å². The van der Waals surface area contributed by atoms with Crippen LogP contribution in [0.2, 0.25) is 0 Å². The van der Waals surface area contributed by atoms with Crippen molar-refractivity contribution in [3.05, 3.63) is 23.5 Å². The maximum Gasteiger partial charge on any atom is 0.142 e. The van der Waals surface area contributed by atoms with Crippen molar-refractivity contribution in [3.8, 4) is 0 Å². The maximum absolute atomic E-state index is 10.0. The highest BCUT2D eigenvalue weighted by Crippen LogP contribution is 2.06. The molecule has 58 valence electrons. The van der Waals surface area contributed by atoms with Gasteiger partial charge in [0.15, 0.2) is 0 Å². The van der Waals surface area contributed by atoms with E-state index in [-0.39, 0.29) is 0 Å². The second kappa shape index (κ2) is 3.14. The van der Waals surface area contributed by atoms with Gasteiger partial charge in [0.1, 0.15) is 6.29 Å². The zero-order valence-corrected chi connectivity index (χ0v) is 6.61. The minimum absolute atomic E-state index is 0.756. The lowest BCUT2D eigenvalue weighted by Crippen LogP contribution is -1.92. The highest BCUT2D eigenvalue weighted by atomic mass is 16.1. The Morgan fingerprint density at radius 1 is 1.64 bits per heavy atom. The number of nitrogens with zero attached hydrogens (tertiary/aromatic N) is 2. The number of aromatic nitrogens is 2. The molecule has 0 aliphatic carbocycles. The van der Waals surface area contributed by atoms with Gasteiger partial charge >= 0.3 is 0 Å². The SMILES string of the molecule is Cc1cnn(C)c1/C=C/C=O. The second-order valence-electron chi connectivity index (χ2n) is 2.33. The first kappa shape index (κ1) is 7.72. The zero-order chi connectivity index (χ0) is 8.27. The lowest BCUT2D eigenvalue weighted by atomic mass is 10.2. The second-order valence-corrected chi connectivity index (χ2v) is 2.33. The van der Waals surface area contributed by atoms with E-state index in [1.807, 2.05) is 14.0 Å². The van der Waals surface area contributed by atoms with E-state index in [4.69, 9.17) is 0 Å². The van der Waals surface area contributed by atoms with E-state index in [0.29, 0.717) is 0 Å². The number of allylic oxidation sites excluding steroid dienone is 1. The van der Waals surface area contributed by atoms with Crippen molar-refractivity contribution in [2.75, 3.05) is 0 Å². The molecule has 1 heterocycles. The minimum Gasteiger partial charge on any atom is -0.299 e. The Morgan fingerprint density at radius 2 is 2.36 bits per heavy atom. The highest BCUT2D eigenvalue weighted by Gasteiger charge is 1.97. The highest BCUT2D eigenvalue weighted by molar-refractivity contribution is 5.73. The summed E-state index contributed by atoms with van der Waals surface area (Å²) < 4.78 is 1.73. The van der Waals surface area contributed by atoms with Crippen LogP contribution in [0.4, 0.5) is 0 Å². The molecule has 0 bridgehead atoms. The fourth-order valence-electron chi connectivity index (χ4n) is 0.927. The van der Waals surface area contributed by atoms with E-state index in [2.05, 4.69) is 5.10 Å². The normalized spacial score (nSPS) is 10.7. The smallest absolute Gasteiger partial charge is 0.142 e. The number of rotatable bonds is 2. The lowest BCUT2D eigenvalue weighted by Gasteiger charge is -1.93. The van der Waals surface area contributed by atoms with Crippen LogP contribution >= 0.6 is 0 Å². The largest absolute Gasteiger partial charge is 0.299 e. The van der Waals surface area contributed by atoms with Gasteiger partial charge in [0.05, 0.1) is 11.9 Å². The van der Waals surface area contributed by atoms with Gasteiger partial charge in [-0.2, -0.15) is 5.10 Å². The predicted octanol–water partition coefficient (Wildman–Crippen LogP) is 0.941. The molecule has 3 nitrogen and oxygen atoms in total. The summed E-state index contributed by atoms with van der Waals surface area (Å²) in [5, 5.41) is 4.02. The summed E-state index contributed by atoms with van der Waals surface area (Å²) in [5.74, 6) is 0. The van der Waals surface area contributed by atoms with Crippen molar-refractivity contribution in [2.45, 2.75) is 6.92 Å². The third kappa shape index (κ3) is 1.55. The monoisotopic (exact) mass is 150 g/mol. The molecule has 0 unspecified atom stereocenters. The molecular formula is C8H10N2O. The number of hydrogen-bond donors (Lipinski definition) is 0. The topological polar surface area (TPSA) is 34.9 Å². The summed E-state index contributed by atoms with van der Waals surface area (Å²) in [7, 11) is 1.84. The Morgan fingerprint density at radius 3 is 2.82 bits per heavy atom. The van der Waals surface area contributed by atoms with Gasteiger partial charge in [0.25, 0.3) is 0 Å². The summed E-state index contributed by atoms with van der Waals surface area (Å²) in [6, 6.07) is 0. The molecule has 1 rings (SSSR count). The van der Waals surface area contributed by atoms with Crippen LogP contribution in [0.3, 0.4) is 0 Å². The molecular weight excluding hydrogens is 140 g/mol. The third-order valence-electron chi connectivity index (χ3n) is 1.51. The molecule has 0 saturated carbocycles. The average molecular weight is 150 g/mol. The van der Waals surface area contributed by atoms with Gasteiger partial charge in [-0.05, 0) is 24.6 Å². The van der Waals surface area contributed by atoms with Crippen molar-refractivity contribution in [1.82, 2.24) is 9.78 Å². The van der Waals surface area contributed by atoms with Crippen LogP contribution < -0.4 is 0 Å². The minimum atomic E-state index is 0.756. The summed E-state index contributed by atoms with van der Waals surface area (Å²) in [6.07, 6.45) is 5.73. The summed E-state index contributed by atoms with van der Waals surface area (Å²) >= 11 is 0. The number of carbonyl (C=O) groups excluding carboxylic acids is 1. The van der Waals surface area contributed by atoms with Gasteiger partial charge in [0, 0.05) is 7.05 Å². The van der Waals surface area contributed by atoms with Gasteiger partial charge < -0.3 is 0 Å². The van der Waals surface area contributed by atoms with Gasteiger partial charge in [-0.15, -0.1) is 0 Å². The molecule has 0 N–H and O–H groups in total. The van der Waals surface area contributed by atoms with Gasteiger partial charge in [-0.1, -0.05) is 0 Å². The number of aryl methyl sites for hydroxylation is 2. The quantitative estimate of drug-likeness (QED) is 0.464. The van der Waals surface area contributed by atoms with Crippen molar-refractivity contribution in [3.63, 3.8) is 0 Å². The molecule has 11 heavy (non-hydrogen) atoms. The Hall–Kier alpha value is -1.38. The number of hydrogen-bond acceptors (Lipinski definition) is 2. The Labute approximate surface area is 65.3 Å². The standard InChI is InChI=1S/C8H10N2O/c1-7-6-9-10(2)8(7)4-3-5-11/h3-6H,1-2H3/b4-3+. The van der Waals surface area contributed by atoms with E-state index >= 15 is 0 Å². The van der Waals surface area contributed by atoms with E-state index in [9.17, 15) is 4.79 Å². The number of aldehydes is 1. The molecule has 0 amide bonds. The van der Waals surface area contributed by atoms with Crippen LogP contribution in [-0.2, 0) is 11.8 Å². The molecule has 3 heteroatoms. The molecule has 0 spiro atoms. The maximum atomic E-state index is 10.0. The summed E-state index contributed by atoms with van der Waals surface area (Å²) in [4.78, 5) is 10.0. The lowest BCUT2D eigenvalue weighted by molar-refractivity contribution is -0.104. The van der Waals surface area contributed by atoms with Crippen LogP contribution in [0, 0.1) is 6.92 Å². The molecule has 1 aromatic rings. The van der Waals surface area contributed by atoms with E-state index in [0.717, 1.165) is 17.5 Å². The fourth-order valence-corrected chi connectivity index (χ4v) is 0.927. The van der Waals surface area contributed by atoms with Crippen molar-refractivity contribution >= 4 is 12.4 Å². The van der Waals surface area contributed by atoms with Gasteiger partial charge in [-0.25, -0.2) is 0 Å². The van der Waals surface area contributed by atoms with Crippen LogP contribution in [0.25, 0.3) is 6.08 Å². The first-order chi connectivity index (χ1) is 5.25. The summed E-state index contributed by atoms with van der Waals surface area (Å²) in [5.41, 5.74) is 2.04. The van der Waals surface area contributed by atoms with Crippen LogP contribution in [0.5, 0.6) is 0 Å². The van der Waals surface area contributed by atoms with Gasteiger partial charge in [0.2, 0.25) is 0 Å². The van der Waals surface area contributed by atoms with E-state index in [1.54, 1.807) is 17.0 Å². The molecule has 0 saturated heterocycles. The molecule has 1 aromatic heterocycles. The zero-order valence-electron chi connectivity index (χ0n) is 6.61. The van der Waals surface area contributed by atoms with Crippen LogP contribution in [0.15, 0.2) is 12.3 Å². The Balaban J connectivity index is 3.00. The average Bonchev–Trinajstić information content (AvgIpc) is 2.29. The van der Waals surface area contributed by atoms with Crippen LogP contribution in [-0.4, -0.2) is 16.1 Å². The first-order valence-electron chi connectivity index (χ1n) is 3.36. The molecule has 0 aliphatic rings. The van der Waals surface area contributed by atoms with Crippen LogP contribution in [0.1, 0.15) is 11.3 Å².